The Kier molecular flexibility index (Phi) is 5.86. The number of benzene rings is 2. The first-order valence-corrected chi connectivity index (χ1v) is 12.5. The average Bonchev–Trinajstić information content (AvgIpc) is 3.40. The van der Waals surface area contributed by atoms with Crippen LogP contribution in [0.4, 0.5) is 42.0 Å². The topological polar surface area (TPSA) is 114 Å². The molecule has 1 atom stereocenters. The van der Waals surface area contributed by atoms with Crippen molar-refractivity contribution in [2.75, 3.05) is 15.1 Å². The standard InChI is InChI=1S/C27H23F3N8O/c1-15-25(39)38(20-4-2-3-16(9-20)12-31)22-14-32-26(34-18-10-17-13-33-36-23(17)21(28)11-18)35-24(22)37(15)19-5-7-27(29,30)8-6-19/h2-4,9-11,13-15,19H,5-8H2,1H3,(H,33,36)(H,32,34,35). The third-order valence-corrected chi connectivity index (χ3v) is 7.30. The summed E-state index contributed by atoms with van der Waals surface area (Å²) in [6, 6.07) is 10.6. The number of H-pyrrole nitrogens is 1. The average molecular weight is 533 g/mol. The molecule has 3 heterocycles. The first-order chi connectivity index (χ1) is 18.7. The van der Waals surface area contributed by atoms with Crippen molar-refractivity contribution < 1.29 is 18.0 Å². The van der Waals surface area contributed by atoms with Gasteiger partial charge in [-0.3, -0.25) is 14.8 Å². The molecule has 0 saturated heterocycles. The number of aromatic amines is 1. The minimum absolute atomic E-state index is 0.148. The summed E-state index contributed by atoms with van der Waals surface area (Å²) in [6.07, 6.45) is 2.81. The molecule has 198 valence electrons. The molecule has 0 spiro atoms. The molecule has 2 aliphatic rings. The maximum Gasteiger partial charge on any atom is 0.254 e. The molecule has 2 aromatic carbocycles. The van der Waals surface area contributed by atoms with Crippen molar-refractivity contribution in [1.29, 1.82) is 5.26 Å². The maximum atomic E-state index is 14.5. The molecule has 1 saturated carbocycles. The molecule has 12 heteroatoms. The molecular weight excluding hydrogens is 509 g/mol. The number of carbonyl (C=O) groups excluding carboxylic acids is 1. The minimum atomic E-state index is -2.74. The SMILES string of the molecule is CC1C(=O)N(c2cccc(C#N)c2)c2cnc(Nc3cc(F)c4[nH]ncc4c3)nc2N1C1CCC(F)(F)CC1. The number of nitrogens with zero attached hydrogens (tertiary/aromatic N) is 6. The number of anilines is 5. The Bertz CT molecular complexity index is 1620. The minimum Gasteiger partial charge on any atom is -0.340 e. The zero-order chi connectivity index (χ0) is 27.3. The molecule has 9 nitrogen and oxygen atoms in total. The zero-order valence-electron chi connectivity index (χ0n) is 20.8. The van der Waals surface area contributed by atoms with Crippen LogP contribution in [-0.2, 0) is 4.79 Å². The molecule has 1 aliphatic heterocycles. The van der Waals surface area contributed by atoms with Crippen LogP contribution >= 0.6 is 0 Å². The van der Waals surface area contributed by atoms with E-state index in [1.165, 1.54) is 23.4 Å². The van der Waals surface area contributed by atoms with Crippen molar-refractivity contribution in [2.45, 2.75) is 50.6 Å². The number of amides is 1. The van der Waals surface area contributed by atoms with E-state index < -0.39 is 17.8 Å². The second-order valence-electron chi connectivity index (χ2n) is 9.83. The van der Waals surface area contributed by atoms with Crippen LogP contribution in [0.25, 0.3) is 10.9 Å². The third kappa shape index (κ3) is 4.39. The van der Waals surface area contributed by atoms with Gasteiger partial charge in [-0.25, -0.2) is 18.2 Å². The highest BCUT2D eigenvalue weighted by Crippen LogP contribution is 2.44. The first-order valence-electron chi connectivity index (χ1n) is 12.5. The molecule has 1 aliphatic carbocycles. The number of alkyl halides is 2. The van der Waals surface area contributed by atoms with E-state index in [2.05, 4.69) is 26.6 Å². The molecular formula is C27H23F3N8O. The Morgan fingerprint density at radius 3 is 2.74 bits per heavy atom. The van der Waals surface area contributed by atoms with Crippen molar-refractivity contribution in [3.8, 4) is 6.07 Å². The highest BCUT2D eigenvalue weighted by molar-refractivity contribution is 6.10. The number of carbonyl (C=O) groups is 1. The fourth-order valence-corrected chi connectivity index (χ4v) is 5.37. The van der Waals surface area contributed by atoms with Crippen LogP contribution in [0.5, 0.6) is 0 Å². The van der Waals surface area contributed by atoms with E-state index in [9.17, 15) is 23.2 Å². The van der Waals surface area contributed by atoms with E-state index in [-0.39, 0.29) is 49.1 Å². The number of rotatable bonds is 4. The molecule has 0 bridgehead atoms. The molecule has 0 radical (unpaired) electrons. The van der Waals surface area contributed by atoms with Gasteiger partial charge in [0.25, 0.3) is 5.91 Å². The number of nitrogens with one attached hydrogen (secondary N) is 2. The molecule has 1 fully saturated rings. The molecule has 2 N–H and O–H groups in total. The van der Waals surface area contributed by atoms with E-state index in [1.807, 2.05) is 0 Å². The second-order valence-corrected chi connectivity index (χ2v) is 9.83. The van der Waals surface area contributed by atoms with Gasteiger partial charge in [-0.1, -0.05) is 6.07 Å². The van der Waals surface area contributed by atoms with Crippen LogP contribution in [0.15, 0.2) is 48.8 Å². The van der Waals surface area contributed by atoms with Gasteiger partial charge in [0.1, 0.15) is 17.2 Å². The van der Waals surface area contributed by atoms with Gasteiger partial charge in [-0.05, 0) is 50.1 Å². The van der Waals surface area contributed by atoms with E-state index in [1.54, 1.807) is 42.2 Å². The lowest BCUT2D eigenvalue weighted by atomic mass is 9.89. The predicted octanol–water partition coefficient (Wildman–Crippen LogP) is 5.56. The number of aromatic nitrogens is 4. The summed E-state index contributed by atoms with van der Waals surface area (Å²) in [4.78, 5) is 26.1. The fourth-order valence-electron chi connectivity index (χ4n) is 5.37. The predicted molar refractivity (Wildman–Crippen MR) is 139 cm³/mol. The maximum absolute atomic E-state index is 14.5. The van der Waals surface area contributed by atoms with E-state index in [4.69, 9.17) is 4.98 Å². The molecule has 1 amide bonds. The Morgan fingerprint density at radius 1 is 1.18 bits per heavy atom. The van der Waals surface area contributed by atoms with E-state index >= 15 is 0 Å². The smallest absolute Gasteiger partial charge is 0.254 e. The second kappa shape index (κ2) is 9.27. The van der Waals surface area contributed by atoms with Crippen molar-refractivity contribution in [1.82, 2.24) is 20.2 Å². The number of nitriles is 1. The molecule has 39 heavy (non-hydrogen) atoms. The van der Waals surface area contributed by atoms with Crippen molar-refractivity contribution in [3.05, 3.63) is 60.2 Å². The molecule has 1 unspecified atom stereocenters. The third-order valence-electron chi connectivity index (χ3n) is 7.30. The summed E-state index contributed by atoms with van der Waals surface area (Å²) >= 11 is 0. The van der Waals surface area contributed by atoms with Crippen LogP contribution in [0, 0.1) is 17.1 Å². The number of hydrogen-bond acceptors (Lipinski definition) is 7. The van der Waals surface area contributed by atoms with Gasteiger partial charge in [-0.15, -0.1) is 0 Å². The summed E-state index contributed by atoms with van der Waals surface area (Å²) in [7, 11) is 0. The number of fused-ring (bicyclic) bond motifs is 2. The Balaban J connectivity index is 1.44. The van der Waals surface area contributed by atoms with Crippen LogP contribution in [0.2, 0.25) is 0 Å². The monoisotopic (exact) mass is 532 g/mol. The molecule has 6 rings (SSSR count). The Labute approximate surface area is 221 Å². The lowest BCUT2D eigenvalue weighted by molar-refractivity contribution is -0.119. The lowest BCUT2D eigenvalue weighted by Gasteiger charge is -2.46. The van der Waals surface area contributed by atoms with Crippen molar-refractivity contribution in [2.24, 2.45) is 0 Å². The van der Waals surface area contributed by atoms with Crippen LogP contribution < -0.4 is 15.1 Å². The Hall–Kier alpha value is -4.66. The molecule has 4 aromatic rings. The summed E-state index contributed by atoms with van der Waals surface area (Å²) < 4.78 is 42.5. The lowest BCUT2D eigenvalue weighted by Crippen LogP contribution is -2.56. The summed E-state index contributed by atoms with van der Waals surface area (Å²) in [5, 5.41) is 19.4. The van der Waals surface area contributed by atoms with Gasteiger partial charge >= 0.3 is 0 Å². The quantitative estimate of drug-likeness (QED) is 0.354. The van der Waals surface area contributed by atoms with Gasteiger partial charge in [-0.2, -0.15) is 15.3 Å². The largest absolute Gasteiger partial charge is 0.340 e. The fraction of sp³-hybridized carbons (Fsp3) is 0.296. The number of halogens is 3. The van der Waals surface area contributed by atoms with Gasteiger partial charge in [0.15, 0.2) is 11.6 Å². The van der Waals surface area contributed by atoms with E-state index in [0.29, 0.717) is 33.8 Å². The summed E-state index contributed by atoms with van der Waals surface area (Å²) in [5.74, 6) is -2.98. The van der Waals surface area contributed by atoms with Crippen molar-refractivity contribution >= 4 is 45.6 Å². The van der Waals surface area contributed by atoms with Gasteiger partial charge in [0, 0.05) is 30.0 Å². The number of hydrogen-bond donors (Lipinski definition) is 2. The Morgan fingerprint density at radius 2 is 1.97 bits per heavy atom. The molecule has 2 aromatic heterocycles. The normalized spacial score (nSPS) is 19.2. The summed E-state index contributed by atoms with van der Waals surface area (Å²) in [5.41, 5.74) is 1.88. The zero-order valence-corrected chi connectivity index (χ0v) is 20.8. The van der Waals surface area contributed by atoms with Crippen LogP contribution in [0.3, 0.4) is 0 Å². The van der Waals surface area contributed by atoms with Gasteiger partial charge in [0.05, 0.1) is 29.7 Å². The van der Waals surface area contributed by atoms with Crippen molar-refractivity contribution in [3.63, 3.8) is 0 Å². The van der Waals surface area contributed by atoms with Crippen LogP contribution in [0.1, 0.15) is 38.2 Å². The van der Waals surface area contributed by atoms with E-state index in [0.717, 1.165) is 0 Å². The van der Waals surface area contributed by atoms with Crippen LogP contribution in [-0.4, -0.2) is 44.1 Å². The summed E-state index contributed by atoms with van der Waals surface area (Å²) in [6.45, 7) is 1.72. The highest BCUT2D eigenvalue weighted by Gasteiger charge is 2.44. The van der Waals surface area contributed by atoms with Gasteiger partial charge in [0.2, 0.25) is 11.9 Å². The van der Waals surface area contributed by atoms with Gasteiger partial charge < -0.3 is 10.2 Å². The highest BCUT2D eigenvalue weighted by atomic mass is 19.3. The first kappa shape index (κ1) is 24.7.